The van der Waals surface area contributed by atoms with Gasteiger partial charge in [0, 0.05) is 26.2 Å². The Labute approximate surface area is 136 Å². The minimum absolute atomic E-state index is 0.128. The van der Waals surface area contributed by atoms with Gasteiger partial charge in [0.2, 0.25) is 12.7 Å². The highest BCUT2D eigenvalue weighted by Gasteiger charge is 2.12. The molecule has 124 valence electrons. The molecule has 0 unspecified atom stereocenters. The highest BCUT2D eigenvalue weighted by atomic mass is 16.7. The summed E-state index contributed by atoms with van der Waals surface area (Å²) in [5.41, 5.74) is -0.252. The van der Waals surface area contributed by atoms with Gasteiger partial charge in [-0.15, -0.1) is 0 Å². The summed E-state index contributed by atoms with van der Waals surface area (Å²) in [6.45, 7) is 0.181. The van der Waals surface area contributed by atoms with Crippen LogP contribution >= 0.6 is 0 Å². The first-order valence-electron chi connectivity index (χ1n) is 7.11. The zero-order valence-corrected chi connectivity index (χ0v) is 13.1. The molecule has 0 fully saturated rings. The first kappa shape index (κ1) is 15.6. The van der Waals surface area contributed by atoms with Crippen molar-refractivity contribution in [3.63, 3.8) is 0 Å². The summed E-state index contributed by atoms with van der Waals surface area (Å²) in [5.74, 6) is 0.942. The molecule has 24 heavy (non-hydrogen) atoms. The number of hydrogen-bond donors (Lipinski definition) is 1. The van der Waals surface area contributed by atoms with E-state index < -0.39 is 17.2 Å². The number of rotatable bonds is 3. The Balaban J connectivity index is 1.77. The minimum Gasteiger partial charge on any atom is -0.454 e. The largest absolute Gasteiger partial charge is 0.454 e. The van der Waals surface area contributed by atoms with E-state index in [1.165, 1.54) is 30.8 Å². The predicted molar refractivity (Wildman–Crippen MR) is 87.2 cm³/mol. The number of nitrogens with zero attached hydrogens (tertiary/aromatic N) is 2. The van der Waals surface area contributed by atoms with Crippen LogP contribution in [0.3, 0.4) is 0 Å². The van der Waals surface area contributed by atoms with Gasteiger partial charge in [0.25, 0.3) is 5.56 Å². The molecule has 1 aromatic heterocycles. The summed E-state index contributed by atoms with van der Waals surface area (Å²) >= 11 is 0. The van der Waals surface area contributed by atoms with Crippen molar-refractivity contribution < 1.29 is 14.3 Å². The van der Waals surface area contributed by atoms with Gasteiger partial charge in [0.15, 0.2) is 11.5 Å². The molecule has 1 N–H and O–H groups in total. The summed E-state index contributed by atoms with van der Waals surface area (Å²) in [6, 6.07) is 6.48. The van der Waals surface area contributed by atoms with E-state index in [0.29, 0.717) is 11.5 Å². The van der Waals surface area contributed by atoms with Gasteiger partial charge in [-0.25, -0.2) is 4.79 Å². The average Bonchev–Trinajstić information content (AvgIpc) is 3.03. The molecule has 0 bridgehead atoms. The Hall–Kier alpha value is -3.29. The highest BCUT2D eigenvalue weighted by molar-refractivity contribution is 6.01. The summed E-state index contributed by atoms with van der Waals surface area (Å²) in [7, 11) is 2.84. The number of carbonyl (C=O) groups excluding carboxylic acids is 1. The van der Waals surface area contributed by atoms with E-state index in [0.717, 1.165) is 10.1 Å². The topological polar surface area (TPSA) is 91.6 Å². The number of ether oxygens (including phenoxy) is 2. The van der Waals surface area contributed by atoms with E-state index in [-0.39, 0.29) is 12.6 Å². The minimum atomic E-state index is -0.516. The Morgan fingerprint density at radius 2 is 1.88 bits per heavy atom. The van der Waals surface area contributed by atoms with Crippen LogP contribution in [0, 0.1) is 0 Å². The lowest BCUT2D eigenvalue weighted by atomic mass is 10.2. The fraction of sp³-hybridized carbons (Fsp3) is 0.188. The van der Waals surface area contributed by atoms with Crippen molar-refractivity contribution in [2.45, 2.75) is 0 Å². The lowest BCUT2D eigenvalue weighted by Gasteiger charge is -2.09. The fourth-order valence-electron chi connectivity index (χ4n) is 2.21. The second kappa shape index (κ2) is 6.07. The van der Waals surface area contributed by atoms with E-state index in [2.05, 4.69) is 5.32 Å². The lowest BCUT2D eigenvalue weighted by Crippen LogP contribution is -2.37. The maximum atomic E-state index is 12.0. The first-order valence-corrected chi connectivity index (χ1v) is 7.11. The van der Waals surface area contributed by atoms with Crippen molar-refractivity contribution in [3.05, 3.63) is 56.7 Å². The third-order valence-corrected chi connectivity index (χ3v) is 3.60. The Morgan fingerprint density at radius 3 is 2.67 bits per heavy atom. The average molecular weight is 329 g/mol. The molecular formula is C16H15N3O5. The van der Waals surface area contributed by atoms with Gasteiger partial charge in [0.05, 0.1) is 0 Å². The number of amides is 1. The zero-order chi connectivity index (χ0) is 17.3. The molecule has 3 rings (SSSR count). The summed E-state index contributed by atoms with van der Waals surface area (Å²) in [6.07, 6.45) is 2.90. The Morgan fingerprint density at radius 1 is 1.12 bits per heavy atom. The molecular weight excluding hydrogens is 314 g/mol. The molecule has 0 radical (unpaired) electrons. The molecule has 0 spiro atoms. The molecule has 8 heteroatoms. The number of nitrogens with one attached hydrogen (secondary N) is 1. The van der Waals surface area contributed by atoms with Gasteiger partial charge in [0.1, 0.15) is 5.82 Å². The van der Waals surface area contributed by atoms with Crippen LogP contribution in [-0.4, -0.2) is 21.8 Å². The maximum absolute atomic E-state index is 12.0. The van der Waals surface area contributed by atoms with Crippen LogP contribution in [0.1, 0.15) is 5.56 Å². The van der Waals surface area contributed by atoms with Crippen LogP contribution in [0.2, 0.25) is 0 Å². The van der Waals surface area contributed by atoms with Crippen molar-refractivity contribution in [1.29, 1.82) is 0 Å². The van der Waals surface area contributed by atoms with Gasteiger partial charge >= 0.3 is 5.69 Å². The maximum Gasteiger partial charge on any atom is 0.332 e. The van der Waals surface area contributed by atoms with Crippen LogP contribution in [0.15, 0.2) is 39.9 Å². The highest BCUT2D eigenvalue weighted by Crippen LogP contribution is 2.32. The van der Waals surface area contributed by atoms with E-state index >= 15 is 0 Å². The van der Waals surface area contributed by atoms with Crippen molar-refractivity contribution in [2.75, 3.05) is 12.1 Å². The summed E-state index contributed by atoms with van der Waals surface area (Å²) < 4.78 is 12.6. The fourth-order valence-corrected chi connectivity index (χ4v) is 2.21. The van der Waals surface area contributed by atoms with Crippen LogP contribution in [-0.2, 0) is 18.9 Å². The molecule has 2 aromatic rings. The Bertz CT molecular complexity index is 955. The number of carbonyl (C=O) groups is 1. The molecule has 1 aliphatic rings. The third-order valence-electron chi connectivity index (χ3n) is 3.60. The van der Waals surface area contributed by atoms with Gasteiger partial charge in [-0.3, -0.25) is 18.7 Å². The van der Waals surface area contributed by atoms with Crippen LogP contribution in [0.5, 0.6) is 11.5 Å². The molecule has 0 atom stereocenters. The second-order valence-corrected chi connectivity index (χ2v) is 5.20. The van der Waals surface area contributed by atoms with Crippen LogP contribution in [0.25, 0.3) is 6.08 Å². The molecule has 1 aliphatic heterocycles. The summed E-state index contributed by atoms with van der Waals surface area (Å²) in [4.78, 5) is 35.4. The second-order valence-electron chi connectivity index (χ2n) is 5.20. The Kier molecular flexibility index (Phi) is 3.95. The van der Waals surface area contributed by atoms with Gasteiger partial charge < -0.3 is 14.8 Å². The smallest absolute Gasteiger partial charge is 0.332 e. The first-order chi connectivity index (χ1) is 11.5. The molecule has 1 aromatic carbocycles. The number of aromatic nitrogens is 2. The standard InChI is InChI=1S/C16H15N3O5/c1-18-13(8-15(21)19(2)16(18)22)17-14(20)6-4-10-3-5-11-12(7-10)24-9-23-11/h3-8H,9H2,1-2H3,(H,17,20)/b6-4-. The third kappa shape index (κ3) is 2.94. The quantitative estimate of drug-likeness (QED) is 0.826. The van der Waals surface area contributed by atoms with Crippen molar-refractivity contribution in [3.8, 4) is 11.5 Å². The van der Waals surface area contributed by atoms with Crippen molar-refractivity contribution >= 4 is 17.8 Å². The molecule has 0 saturated heterocycles. The monoisotopic (exact) mass is 329 g/mol. The SMILES string of the molecule is Cn1c(NC(=O)/C=C\c2ccc3c(c2)OCO3)cc(=O)n(C)c1=O. The molecule has 1 amide bonds. The summed E-state index contributed by atoms with van der Waals surface area (Å²) in [5, 5.41) is 2.51. The number of fused-ring (bicyclic) bond motifs is 1. The van der Waals surface area contributed by atoms with E-state index in [4.69, 9.17) is 9.47 Å². The normalized spacial score (nSPS) is 12.6. The van der Waals surface area contributed by atoms with Crippen LogP contribution in [0.4, 0.5) is 5.82 Å². The predicted octanol–water partition coefficient (Wildman–Crippen LogP) is 0.465. The number of anilines is 1. The molecule has 0 saturated carbocycles. The van der Waals surface area contributed by atoms with E-state index in [1.54, 1.807) is 24.3 Å². The van der Waals surface area contributed by atoms with Crippen LogP contribution < -0.4 is 26.0 Å². The number of benzene rings is 1. The van der Waals surface area contributed by atoms with E-state index in [1.807, 2.05) is 0 Å². The van der Waals surface area contributed by atoms with Crippen molar-refractivity contribution in [2.24, 2.45) is 14.1 Å². The van der Waals surface area contributed by atoms with Gasteiger partial charge in [-0.05, 0) is 23.8 Å². The van der Waals surface area contributed by atoms with Crippen molar-refractivity contribution in [1.82, 2.24) is 9.13 Å². The molecule has 0 aliphatic carbocycles. The van der Waals surface area contributed by atoms with Gasteiger partial charge in [-0.1, -0.05) is 6.07 Å². The molecule has 8 nitrogen and oxygen atoms in total. The number of hydrogen-bond acceptors (Lipinski definition) is 5. The lowest BCUT2D eigenvalue weighted by molar-refractivity contribution is -0.111. The van der Waals surface area contributed by atoms with Gasteiger partial charge in [-0.2, -0.15) is 0 Å². The zero-order valence-electron chi connectivity index (χ0n) is 13.1. The van der Waals surface area contributed by atoms with E-state index in [9.17, 15) is 14.4 Å². The molecule has 2 heterocycles.